The lowest BCUT2D eigenvalue weighted by molar-refractivity contribution is 0.733. The molecular weight excluding hydrogens is 186 g/mol. The molecule has 2 aromatic heterocycles. The van der Waals surface area contributed by atoms with E-state index in [4.69, 9.17) is 6.42 Å². The zero-order valence-corrected chi connectivity index (χ0v) is 8.86. The second kappa shape index (κ2) is 3.32. The predicted molar refractivity (Wildman–Crippen MR) is 61.7 cm³/mol. The van der Waals surface area contributed by atoms with Crippen molar-refractivity contribution in [1.82, 2.24) is 9.38 Å². The van der Waals surface area contributed by atoms with Gasteiger partial charge in [-0.15, -0.1) is 6.42 Å². The summed E-state index contributed by atoms with van der Waals surface area (Å²) in [4.78, 5) is 4.21. The molecule has 0 aliphatic carbocycles. The average Bonchev–Trinajstić information content (AvgIpc) is 2.66. The Morgan fingerprint density at radius 1 is 1.47 bits per heavy atom. The summed E-state index contributed by atoms with van der Waals surface area (Å²) in [5.74, 6) is 3.65. The summed E-state index contributed by atoms with van der Waals surface area (Å²) < 4.78 is 1.97. The molecule has 0 spiro atoms. The maximum Gasteiger partial charge on any atom is 0.138 e. The molecule has 3 nitrogen and oxygen atoms in total. The van der Waals surface area contributed by atoms with Crippen LogP contribution in [0.3, 0.4) is 0 Å². The zero-order valence-electron chi connectivity index (χ0n) is 8.86. The third-order valence-electron chi connectivity index (χ3n) is 2.23. The Kier molecular flexibility index (Phi) is 2.12. The first-order chi connectivity index (χ1) is 7.12. The number of terminal acetylenes is 1. The molecule has 0 radical (unpaired) electrons. The Balaban J connectivity index is 2.45. The van der Waals surface area contributed by atoms with Crippen LogP contribution in [0.25, 0.3) is 5.65 Å². The summed E-state index contributed by atoms with van der Waals surface area (Å²) in [6, 6.07) is 5.89. The number of anilines is 1. The van der Waals surface area contributed by atoms with Crippen LogP contribution >= 0.6 is 0 Å². The Morgan fingerprint density at radius 2 is 2.27 bits per heavy atom. The third-order valence-corrected chi connectivity index (χ3v) is 2.23. The van der Waals surface area contributed by atoms with Crippen LogP contribution < -0.4 is 5.32 Å². The van der Waals surface area contributed by atoms with Crippen LogP contribution in [-0.4, -0.2) is 14.9 Å². The average molecular weight is 199 g/mol. The molecule has 0 aliphatic heterocycles. The number of hydrogen-bond acceptors (Lipinski definition) is 2. The number of aromatic nitrogens is 2. The summed E-state index contributed by atoms with van der Waals surface area (Å²) in [6.45, 7) is 3.92. The molecule has 0 amide bonds. The van der Waals surface area contributed by atoms with E-state index < -0.39 is 0 Å². The van der Waals surface area contributed by atoms with Gasteiger partial charge in [0.2, 0.25) is 0 Å². The topological polar surface area (TPSA) is 29.3 Å². The van der Waals surface area contributed by atoms with E-state index in [1.165, 1.54) is 0 Å². The largest absolute Gasteiger partial charge is 0.355 e. The van der Waals surface area contributed by atoms with Crippen molar-refractivity contribution in [3.63, 3.8) is 0 Å². The van der Waals surface area contributed by atoms with Crippen molar-refractivity contribution in [1.29, 1.82) is 0 Å². The highest BCUT2D eigenvalue weighted by Gasteiger charge is 2.14. The Bertz CT molecular complexity index is 517. The fourth-order valence-electron chi connectivity index (χ4n) is 1.41. The lowest BCUT2D eigenvalue weighted by Gasteiger charge is -2.21. The molecule has 3 heteroatoms. The molecule has 0 fully saturated rings. The maximum atomic E-state index is 5.44. The van der Waals surface area contributed by atoms with Crippen molar-refractivity contribution in [2.24, 2.45) is 0 Å². The summed E-state index contributed by atoms with van der Waals surface area (Å²) >= 11 is 0. The molecule has 0 unspecified atom stereocenters. The van der Waals surface area contributed by atoms with Crippen LogP contribution in [0.15, 0.2) is 30.6 Å². The van der Waals surface area contributed by atoms with Gasteiger partial charge in [-0.1, -0.05) is 12.0 Å². The molecule has 2 heterocycles. The number of nitrogens with zero attached hydrogens (tertiary/aromatic N) is 2. The minimum Gasteiger partial charge on any atom is -0.355 e. The van der Waals surface area contributed by atoms with E-state index in [0.29, 0.717) is 0 Å². The van der Waals surface area contributed by atoms with Crippen LogP contribution in [-0.2, 0) is 0 Å². The Labute approximate surface area is 89.1 Å². The highest BCUT2D eigenvalue weighted by atomic mass is 15.1. The predicted octanol–water partition coefficient (Wildman–Crippen LogP) is 2.16. The van der Waals surface area contributed by atoms with Crippen molar-refractivity contribution in [3.8, 4) is 12.3 Å². The van der Waals surface area contributed by atoms with Crippen LogP contribution in [0.5, 0.6) is 0 Å². The standard InChI is InChI=1S/C12H13N3/c1-4-12(2,3)14-11-7-5-6-10-13-8-9-15(10)11/h1,5-9,14H,2-3H3. The molecule has 2 aromatic rings. The van der Waals surface area contributed by atoms with Crippen molar-refractivity contribution < 1.29 is 0 Å². The Morgan fingerprint density at radius 3 is 3.00 bits per heavy atom. The number of hydrogen-bond donors (Lipinski definition) is 1. The fraction of sp³-hybridized carbons (Fsp3) is 0.250. The molecule has 0 aromatic carbocycles. The smallest absolute Gasteiger partial charge is 0.138 e. The van der Waals surface area contributed by atoms with Gasteiger partial charge in [0.05, 0.1) is 5.54 Å². The van der Waals surface area contributed by atoms with Crippen molar-refractivity contribution in [2.75, 3.05) is 5.32 Å². The number of rotatable bonds is 2. The van der Waals surface area contributed by atoms with E-state index in [2.05, 4.69) is 16.2 Å². The monoisotopic (exact) mass is 199 g/mol. The van der Waals surface area contributed by atoms with E-state index in [0.717, 1.165) is 11.5 Å². The van der Waals surface area contributed by atoms with Crippen LogP contribution in [0.1, 0.15) is 13.8 Å². The number of nitrogens with one attached hydrogen (secondary N) is 1. The minimum atomic E-state index is -0.363. The van der Waals surface area contributed by atoms with Gasteiger partial charge < -0.3 is 5.32 Å². The second-order valence-corrected chi connectivity index (χ2v) is 3.96. The van der Waals surface area contributed by atoms with E-state index in [9.17, 15) is 0 Å². The first kappa shape index (κ1) is 9.60. The van der Waals surface area contributed by atoms with Crippen LogP contribution in [0.4, 0.5) is 5.82 Å². The zero-order chi connectivity index (χ0) is 10.9. The molecule has 76 valence electrons. The Hall–Kier alpha value is -1.95. The molecule has 0 saturated carbocycles. The van der Waals surface area contributed by atoms with Gasteiger partial charge in [0.25, 0.3) is 0 Å². The van der Waals surface area contributed by atoms with E-state index in [-0.39, 0.29) is 5.54 Å². The fourth-order valence-corrected chi connectivity index (χ4v) is 1.41. The maximum absolute atomic E-state index is 5.44. The van der Waals surface area contributed by atoms with Gasteiger partial charge >= 0.3 is 0 Å². The van der Waals surface area contributed by atoms with Gasteiger partial charge in [-0.05, 0) is 26.0 Å². The number of pyridine rings is 1. The molecule has 0 aliphatic rings. The van der Waals surface area contributed by atoms with Crippen molar-refractivity contribution >= 4 is 11.5 Å². The summed E-state index contributed by atoms with van der Waals surface area (Å²) in [7, 11) is 0. The molecular formula is C12H13N3. The van der Waals surface area contributed by atoms with Crippen molar-refractivity contribution in [2.45, 2.75) is 19.4 Å². The van der Waals surface area contributed by atoms with E-state index in [1.807, 2.05) is 42.6 Å². The SMILES string of the molecule is C#CC(C)(C)Nc1cccc2nccn12. The number of fused-ring (bicyclic) bond motifs is 1. The van der Waals surface area contributed by atoms with Gasteiger partial charge in [-0.3, -0.25) is 4.40 Å². The quantitative estimate of drug-likeness (QED) is 0.751. The lowest BCUT2D eigenvalue weighted by Crippen LogP contribution is -2.29. The summed E-state index contributed by atoms with van der Waals surface area (Å²) in [6.07, 6.45) is 9.11. The molecule has 0 atom stereocenters. The molecule has 0 bridgehead atoms. The van der Waals surface area contributed by atoms with Crippen LogP contribution in [0.2, 0.25) is 0 Å². The lowest BCUT2D eigenvalue weighted by atomic mass is 10.1. The molecule has 0 saturated heterocycles. The van der Waals surface area contributed by atoms with E-state index in [1.54, 1.807) is 6.20 Å². The van der Waals surface area contributed by atoms with E-state index >= 15 is 0 Å². The first-order valence-corrected chi connectivity index (χ1v) is 4.80. The second-order valence-electron chi connectivity index (χ2n) is 3.96. The van der Waals surface area contributed by atoms with Crippen LogP contribution in [0, 0.1) is 12.3 Å². The highest BCUT2D eigenvalue weighted by molar-refractivity contribution is 5.51. The first-order valence-electron chi connectivity index (χ1n) is 4.80. The van der Waals surface area contributed by atoms with Gasteiger partial charge in [-0.2, -0.15) is 0 Å². The normalized spacial score (nSPS) is 11.3. The van der Waals surface area contributed by atoms with Crippen molar-refractivity contribution in [3.05, 3.63) is 30.6 Å². The third kappa shape index (κ3) is 1.79. The number of imidazole rings is 1. The molecule has 15 heavy (non-hydrogen) atoms. The molecule has 1 N–H and O–H groups in total. The highest BCUT2D eigenvalue weighted by Crippen LogP contribution is 2.15. The molecule has 2 rings (SSSR count). The van der Waals surface area contributed by atoms with Gasteiger partial charge in [0.15, 0.2) is 0 Å². The summed E-state index contributed by atoms with van der Waals surface area (Å²) in [5.41, 5.74) is 0.547. The van der Waals surface area contributed by atoms with Gasteiger partial charge in [0, 0.05) is 12.4 Å². The minimum absolute atomic E-state index is 0.363. The van der Waals surface area contributed by atoms with Gasteiger partial charge in [0.1, 0.15) is 11.5 Å². The summed E-state index contributed by atoms with van der Waals surface area (Å²) in [5, 5.41) is 3.28. The van der Waals surface area contributed by atoms with Gasteiger partial charge in [-0.25, -0.2) is 4.98 Å².